The first kappa shape index (κ1) is 22.5. The molecule has 0 aliphatic heterocycles. The Hall–Kier alpha value is -0.180. The van der Waals surface area contributed by atoms with Crippen LogP contribution in [0, 0.1) is 29.6 Å². The predicted molar refractivity (Wildman–Crippen MR) is 113 cm³/mol. The van der Waals surface area contributed by atoms with Gasteiger partial charge in [0.15, 0.2) is 6.17 Å². The van der Waals surface area contributed by atoms with Crippen LogP contribution in [0.5, 0.6) is 0 Å². The summed E-state index contributed by atoms with van der Waals surface area (Å²) >= 11 is 0. The molecule has 0 aromatic rings. The maximum atomic E-state index is 14.9. The molecule has 4 atom stereocenters. The fourth-order valence-corrected chi connectivity index (χ4v) is 6.35. The minimum atomic E-state index is -1.41. The van der Waals surface area contributed by atoms with E-state index in [0.717, 1.165) is 49.9 Å². The lowest BCUT2D eigenvalue weighted by Crippen LogP contribution is -2.46. The Morgan fingerprint density at radius 1 is 0.679 bits per heavy atom. The molecule has 3 rings (SSSR count). The van der Waals surface area contributed by atoms with Crippen molar-refractivity contribution in [3.05, 3.63) is 0 Å². The average molecular weight is 399 g/mol. The van der Waals surface area contributed by atoms with Crippen molar-refractivity contribution >= 4 is 0 Å². The summed E-state index contributed by atoms with van der Waals surface area (Å²) < 4.78 is 35.4. The molecule has 0 amide bonds. The van der Waals surface area contributed by atoms with E-state index in [2.05, 4.69) is 13.8 Å². The summed E-state index contributed by atoms with van der Waals surface area (Å²) in [5, 5.41) is 0. The monoisotopic (exact) mass is 398 g/mol. The normalized spacial score (nSPS) is 42.4. The van der Waals surface area contributed by atoms with Crippen LogP contribution in [0.3, 0.4) is 0 Å². The van der Waals surface area contributed by atoms with Crippen LogP contribution in [0.2, 0.25) is 0 Å². The molecule has 0 saturated heterocycles. The van der Waals surface area contributed by atoms with Gasteiger partial charge in [0.25, 0.3) is 0 Å². The number of hydrogen-bond acceptors (Lipinski definition) is 1. The van der Waals surface area contributed by atoms with Crippen molar-refractivity contribution in [1.82, 2.24) is 0 Å². The zero-order valence-electron chi connectivity index (χ0n) is 18.4. The van der Waals surface area contributed by atoms with Crippen molar-refractivity contribution in [2.45, 2.75) is 122 Å². The molecule has 28 heavy (non-hydrogen) atoms. The molecule has 0 radical (unpaired) electrons. The second-order valence-corrected chi connectivity index (χ2v) is 10.3. The lowest BCUT2D eigenvalue weighted by molar-refractivity contribution is -0.0887. The number of ether oxygens (including phenoxy) is 1. The third-order valence-corrected chi connectivity index (χ3v) is 8.33. The second kappa shape index (κ2) is 11.3. The first-order chi connectivity index (χ1) is 13.6. The van der Waals surface area contributed by atoms with Crippen molar-refractivity contribution in [3.8, 4) is 0 Å². The lowest BCUT2D eigenvalue weighted by Gasteiger charge is -2.43. The van der Waals surface area contributed by atoms with Gasteiger partial charge in [-0.15, -0.1) is 0 Å². The van der Waals surface area contributed by atoms with Gasteiger partial charge in [-0.2, -0.15) is 0 Å². The van der Waals surface area contributed by atoms with Crippen LogP contribution < -0.4 is 0 Å². The summed E-state index contributed by atoms with van der Waals surface area (Å²) in [6.07, 6.45) is 13.1. The van der Waals surface area contributed by atoms with Gasteiger partial charge in [0.1, 0.15) is 6.17 Å². The van der Waals surface area contributed by atoms with Crippen LogP contribution in [-0.2, 0) is 4.74 Å². The van der Waals surface area contributed by atoms with Crippen molar-refractivity contribution in [2.75, 3.05) is 6.61 Å². The Balaban J connectivity index is 1.39. The Bertz CT molecular complexity index is 426. The van der Waals surface area contributed by atoms with Crippen molar-refractivity contribution in [2.24, 2.45) is 29.6 Å². The molecular weight excluding hydrogens is 354 g/mol. The smallest absolute Gasteiger partial charge is 0.157 e. The van der Waals surface area contributed by atoms with Crippen LogP contribution in [0.25, 0.3) is 0 Å². The predicted octanol–water partition coefficient (Wildman–Crippen LogP) is 7.67. The molecule has 1 nitrogen and oxygen atoms in total. The Morgan fingerprint density at radius 2 is 1.29 bits per heavy atom. The summed E-state index contributed by atoms with van der Waals surface area (Å²) in [6.45, 7) is 5.15. The second-order valence-electron chi connectivity index (χ2n) is 10.3. The molecule has 3 aliphatic carbocycles. The van der Waals surface area contributed by atoms with Gasteiger partial charge in [-0.25, -0.2) is 8.78 Å². The molecule has 3 saturated carbocycles. The molecule has 164 valence electrons. The van der Waals surface area contributed by atoms with Crippen LogP contribution >= 0.6 is 0 Å². The zero-order valence-corrected chi connectivity index (χ0v) is 18.4. The van der Waals surface area contributed by atoms with Gasteiger partial charge in [0.05, 0.1) is 6.10 Å². The van der Waals surface area contributed by atoms with E-state index in [4.69, 9.17) is 4.74 Å². The maximum Gasteiger partial charge on any atom is 0.157 e. The maximum absolute atomic E-state index is 14.9. The SMILES string of the molecule is CCCCCCOC1CCC(C2CCC(C3CCC(C)CC3)CC2)C(F)C1F. The highest BCUT2D eigenvalue weighted by atomic mass is 19.2. The molecular formula is C25H44F2O. The van der Waals surface area contributed by atoms with E-state index in [1.54, 1.807) is 0 Å². The molecule has 3 aliphatic rings. The standard InChI is InChI=1S/C25H44F2O/c1-3-4-5-6-17-28-23-16-15-22(24(26)25(23)27)21-13-11-20(12-14-21)19-9-7-18(2)8-10-19/h18-25H,3-17H2,1-2H3. The number of unbranched alkanes of at least 4 members (excludes halogenated alkanes) is 3. The van der Waals surface area contributed by atoms with E-state index in [-0.39, 0.29) is 5.92 Å². The topological polar surface area (TPSA) is 9.23 Å². The number of hydrogen-bond donors (Lipinski definition) is 0. The fourth-order valence-electron chi connectivity index (χ4n) is 6.35. The molecule has 0 bridgehead atoms. The number of rotatable bonds is 8. The highest BCUT2D eigenvalue weighted by Crippen LogP contribution is 2.46. The first-order valence-corrected chi connectivity index (χ1v) is 12.5. The number of halogens is 2. The van der Waals surface area contributed by atoms with E-state index < -0.39 is 18.4 Å². The molecule has 0 N–H and O–H groups in total. The van der Waals surface area contributed by atoms with E-state index in [9.17, 15) is 8.78 Å². The van der Waals surface area contributed by atoms with E-state index >= 15 is 0 Å². The highest BCUT2D eigenvalue weighted by Gasteiger charge is 2.45. The van der Waals surface area contributed by atoms with Gasteiger partial charge in [-0.3, -0.25) is 0 Å². The van der Waals surface area contributed by atoms with Crippen LogP contribution in [0.4, 0.5) is 8.78 Å². The molecule has 3 heteroatoms. The van der Waals surface area contributed by atoms with Crippen molar-refractivity contribution in [3.63, 3.8) is 0 Å². The van der Waals surface area contributed by atoms with Crippen molar-refractivity contribution in [1.29, 1.82) is 0 Å². The van der Waals surface area contributed by atoms with Gasteiger partial charge in [0.2, 0.25) is 0 Å². The van der Waals surface area contributed by atoms with E-state index in [1.165, 1.54) is 51.4 Å². The summed E-state index contributed by atoms with van der Waals surface area (Å²) in [5.74, 6) is 3.00. The Kier molecular flexibility index (Phi) is 9.06. The number of alkyl halides is 2. The van der Waals surface area contributed by atoms with Gasteiger partial charge in [0, 0.05) is 6.61 Å². The van der Waals surface area contributed by atoms with Crippen LogP contribution in [0.15, 0.2) is 0 Å². The van der Waals surface area contributed by atoms with Gasteiger partial charge in [-0.05, 0) is 87.4 Å². The van der Waals surface area contributed by atoms with Crippen molar-refractivity contribution < 1.29 is 13.5 Å². The fraction of sp³-hybridized carbons (Fsp3) is 1.00. The average Bonchev–Trinajstić information content (AvgIpc) is 2.72. The van der Waals surface area contributed by atoms with Crippen LogP contribution in [0.1, 0.15) is 104 Å². The molecule has 3 fully saturated rings. The van der Waals surface area contributed by atoms with E-state index in [0.29, 0.717) is 18.9 Å². The quantitative estimate of drug-likeness (QED) is 0.381. The lowest BCUT2D eigenvalue weighted by atomic mass is 9.65. The zero-order chi connectivity index (χ0) is 19.9. The Labute approximate surface area is 172 Å². The molecule has 0 heterocycles. The minimum Gasteiger partial charge on any atom is -0.375 e. The molecule has 0 aromatic heterocycles. The van der Waals surface area contributed by atoms with E-state index in [1.807, 2.05) is 0 Å². The summed E-state index contributed by atoms with van der Waals surface area (Å²) in [5.41, 5.74) is 0. The third kappa shape index (κ3) is 5.92. The molecule has 4 unspecified atom stereocenters. The molecule has 0 aromatic carbocycles. The largest absolute Gasteiger partial charge is 0.375 e. The summed E-state index contributed by atoms with van der Waals surface area (Å²) in [4.78, 5) is 0. The highest BCUT2D eigenvalue weighted by molar-refractivity contribution is 4.94. The van der Waals surface area contributed by atoms with Crippen LogP contribution in [-0.4, -0.2) is 25.1 Å². The summed E-state index contributed by atoms with van der Waals surface area (Å²) in [7, 11) is 0. The third-order valence-electron chi connectivity index (χ3n) is 8.33. The summed E-state index contributed by atoms with van der Waals surface area (Å²) in [6, 6.07) is 0. The van der Waals surface area contributed by atoms with Gasteiger partial charge in [-0.1, -0.05) is 46.0 Å². The first-order valence-electron chi connectivity index (χ1n) is 12.5. The van der Waals surface area contributed by atoms with Gasteiger partial charge >= 0.3 is 0 Å². The minimum absolute atomic E-state index is 0.0673. The van der Waals surface area contributed by atoms with Gasteiger partial charge < -0.3 is 4.74 Å². The molecule has 0 spiro atoms. The Morgan fingerprint density at radius 3 is 1.93 bits per heavy atom.